The summed E-state index contributed by atoms with van der Waals surface area (Å²) in [5.41, 5.74) is 1.71. The van der Waals surface area contributed by atoms with Crippen LogP contribution in [0, 0.1) is 11.3 Å². The lowest BCUT2D eigenvalue weighted by atomic mass is 9.72. The first-order valence-electron chi connectivity index (χ1n) is 6.99. The second kappa shape index (κ2) is 5.85. The maximum absolute atomic E-state index is 9.14. The number of benzene rings is 1. The van der Waals surface area contributed by atoms with Crippen LogP contribution in [0.25, 0.3) is 0 Å². The molecule has 0 saturated carbocycles. The zero-order valence-corrected chi connectivity index (χ0v) is 11.6. The van der Waals surface area contributed by atoms with Gasteiger partial charge in [0.25, 0.3) is 0 Å². The molecule has 0 amide bonds. The lowest BCUT2D eigenvalue weighted by Gasteiger charge is -2.44. The van der Waals surface area contributed by atoms with Gasteiger partial charge in [0.2, 0.25) is 0 Å². The maximum Gasteiger partial charge on any atom is 0.0433 e. The van der Waals surface area contributed by atoms with Crippen LogP contribution in [0.15, 0.2) is 30.3 Å². The molecule has 1 aliphatic heterocycles. The van der Waals surface area contributed by atoms with Crippen molar-refractivity contribution in [1.82, 2.24) is 4.90 Å². The summed E-state index contributed by atoms with van der Waals surface area (Å²) in [6, 6.07) is 10.7. The smallest absolute Gasteiger partial charge is 0.0433 e. The van der Waals surface area contributed by atoms with E-state index in [1.165, 1.54) is 12.0 Å². The molecule has 0 bridgehead atoms. The van der Waals surface area contributed by atoms with Gasteiger partial charge < -0.3 is 5.11 Å². The van der Waals surface area contributed by atoms with Gasteiger partial charge in [0.1, 0.15) is 0 Å². The highest BCUT2D eigenvalue weighted by Gasteiger charge is 2.34. The molecule has 0 aliphatic carbocycles. The summed E-state index contributed by atoms with van der Waals surface area (Å²) in [6.07, 6.45) is 2.16. The van der Waals surface area contributed by atoms with Crippen molar-refractivity contribution in [3.63, 3.8) is 0 Å². The molecule has 0 aromatic heterocycles. The number of rotatable bonds is 4. The van der Waals surface area contributed by atoms with Crippen LogP contribution in [0.1, 0.15) is 32.3 Å². The van der Waals surface area contributed by atoms with Crippen molar-refractivity contribution in [3.8, 4) is 0 Å². The topological polar surface area (TPSA) is 23.5 Å². The minimum atomic E-state index is 0.315. The summed E-state index contributed by atoms with van der Waals surface area (Å²) in [6.45, 7) is 8.34. The molecular formula is C16H25NO. The minimum absolute atomic E-state index is 0.315. The van der Waals surface area contributed by atoms with Crippen LogP contribution < -0.4 is 0 Å². The number of hydrogen-bond acceptors (Lipinski definition) is 2. The Hall–Kier alpha value is -0.860. The third kappa shape index (κ3) is 3.33. The average Bonchev–Trinajstić information content (AvgIpc) is 2.33. The van der Waals surface area contributed by atoms with E-state index in [-0.39, 0.29) is 0 Å². The van der Waals surface area contributed by atoms with Crippen LogP contribution >= 0.6 is 0 Å². The molecule has 1 aromatic rings. The van der Waals surface area contributed by atoms with Crippen molar-refractivity contribution in [2.75, 3.05) is 19.7 Å². The third-order valence-electron chi connectivity index (χ3n) is 4.26. The van der Waals surface area contributed by atoms with Crippen molar-refractivity contribution in [2.45, 2.75) is 33.2 Å². The Bertz CT molecular complexity index is 361. The molecule has 1 atom stereocenters. The zero-order chi connectivity index (χ0) is 13.0. The zero-order valence-electron chi connectivity index (χ0n) is 11.6. The minimum Gasteiger partial charge on any atom is -0.396 e. The lowest BCUT2D eigenvalue weighted by Crippen LogP contribution is -2.45. The van der Waals surface area contributed by atoms with E-state index in [1.807, 2.05) is 0 Å². The molecule has 1 saturated heterocycles. The van der Waals surface area contributed by atoms with Gasteiger partial charge in [0.15, 0.2) is 0 Å². The molecule has 2 rings (SSSR count). The van der Waals surface area contributed by atoms with E-state index in [0.29, 0.717) is 17.9 Å². The summed E-state index contributed by atoms with van der Waals surface area (Å²) >= 11 is 0. The largest absolute Gasteiger partial charge is 0.396 e. The number of likely N-dealkylation sites (tertiary alicyclic amines) is 1. The molecule has 1 unspecified atom stereocenters. The maximum atomic E-state index is 9.14. The summed E-state index contributed by atoms with van der Waals surface area (Å²) in [5, 5.41) is 9.14. The highest BCUT2D eigenvalue weighted by Crippen LogP contribution is 2.37. The van der Waals surface area contributed by atoms with Crippen LogP contribution in [0.4, 0.5) is 0 Å². The van der Waals surface area contributed by atoms with Crippen LogP contribution in [0.3, 0.4) is 0 Å². The van der Waals surface area contributed by atoms with Crippen LogP contribution in [-0.2, 0) is 6.54 Å². The van der Waals surface area contributed by atoms with Gasteiger partial charge in [-0.3, -0.25) is 4.90 Å². The molecule has 1 N–H and O–H groups in total. The Morgan fingerprint density at radius 3 is 2.61 bits per heavy atom. The Kier molecular flexibility index (Phi) is 4.41. The molecule has 2 nitrogen and oxygen atoms in total. The number of hydrogen-bond donors (Lipinski definition) is 1. The van der Waals surface area contributed by atoms with E-state index >= 15 is 0 Å². The van der Waals surface area contributed by atoms with Gasteiger partial charge in [0.05, 0.1) is 0 Å². The van der Waals surface area contributed by atoms with Crippen LogP contribution in [-0.4, -0.2) is 29.7 Å². The van der Waals surface area contributed by atoms with E-state index in [9.17, 15) is 0 Å². The van der Waals surface area contributed by atoms with Crippen LogP contribution in [0.5, 0.6) is 0 Å². The van der Waals surface area contributed by atoms with E-state index in [4.69, 9.17) is 5.11 Å². The highest BCUT2D eigenvalue weighted by atomic mass is 16.3. The molecule has 1 aromatic carbocycles. The first kappa shape index (κ1) is 13.6. The Morgan fingerprint density at radius 1 is 1.28 bits per heavy atom. The van der Waals surface area contributed by atoms with Crippen molar-refractivity contribution >= 4 is 0 Å². The SMILES string of the molecule is CC1(C)CN(Cc2ccccc2)CCC1CCO. The summed E-state index contributed by atoms with van der Waals surface area (Å²) in [5.74, 6) is 0.662. The highest BCUT2D eigenvalue weighted by molar-refractivity contribution is 5.14. The van der Waals surface area contributed by atoms with E-state index < -0.39 is 0 Å². The molecular weight excluding hydrogens is 222 g/mol. The summed E-state index contributed by atoms with van der Waals surface area (Å²) < 4.78 is 0. The Morgan fingerprint density at radius 2 is 2.00 bits per heavy atom. The molecule has 1 fully saturated rings. The van der Waals surface area contributed by atoms with Gasteiger partial charge in [-0.2, -0.15) is 0 Å². The van der Waals surface area contributed by atoms with Gasteiger partial charge in [-0.15, -0.1) is 0 Å². The molecule has 2 heteroatoms. The van der Waals surface area contributed by atoms with Crippen molar-refractivity contribution < 1.29 is 5.11 Å². The molecule has 1 heterocycles. The fourth-order valence-corrected chi connectivity index (χ4v) is 3.18. The van der Waals surface area contributed by atoms with E-state index in [1.54, 1.807) is 0 Å². The van der Waals surface area contributed by atoms with E-state index in [2.05, 4.69) is 49.1 Å². The van der Waals surface area contributed by atoms with Gasteiger partial charge in [-0.25, -0.2) is 0 Å². The molecule has 0 radical (unpaired) electrons. The summed E-state index contributed by atoms with van der Waals surface area (Å²) in [4.78, 5) is 2.54. The monoisotopic (exact) mass is 247 g/mol. The second-order valence-electron chi connectivity index (χ2n) is 6.18. The molecule has 100 valence electrons. The van der Waals surface area contributed by atoms with Gasteiger partial charge in [-0.1, -0.05) is 44.2 Å². The van der Waals surface area contributed by atoms with Gasteiger partial charge in [-0.05, 0) is 36.3 Å². The average molecular weight is 247 g/mol. The first-order valence-corrected chi connectivity index (χ1v) is 6.99. The molecule has 18 heavy (non-hydrogen) atoms. The Labute approximate surface area is 111 Å². The number of nitrogens with zero attached hydrogens (tertiary/aromatic N) is 1. The molecule has 0 spiro atoms. The Balaban J connectivity index is 1.94. The molecule has 1 aliphatic rings. The normalized spacial score (nSPS) is 24.1. The first-order chi connectivity index (χ1) is 8.62. The van der Waals surface area contributed by atoms with Crippen molar-refractivity contribution in [2.24, 2.45) is 11.3 Å². The van der Waals surface area contributed by atoms with Crippen molar-refractivity contribution in [3.05, 3.63) is 35.9 Å². The fraction of sp³-hybridized carbons (Fsp3) is 0.625. The number of aliphatic hydroxyl groups excluding tert-OH is 1. The van der Waals surface area contributed by atoms with E-state index in [0.717, 1.165) is 26.1 Å². The quantitative estimate of drug-likeness (QED) is 0.884. The third-order valence-corrected chi connectivity index (χ3v) is 4.26. The van der Waals surface area contributed by atoms with Gasteiger partial charge >= 0.3 is 0 Å². The summed E-state index contributed by atoms with van der Waals surface area (Å²) in [7, 11) is 0. The second-order valence-corrected chi connectivity index (χ2v) is 6.18. The van der Waals surface area contributed by atoms with Crippen LogP contribution in [0.2, 0.25) is 0 Å². The van der Waals surface area contributed by atoms with Crippen molar-refractivity contribution in [1.29, 1.82) is 0 Å². The number of piperidine rings is 1. The predicted molar refractivity (Wildman–Crippen MR) is 75.3 cm³/mol. The van der Waals surface area contributed by atoms with Gasteiger partial charge in [0, 0.05) is 19.7 Å². The predicted octanol–water partition coefficient (Wildman–Crippen LogP) is 2.92. The number of aliphatic hydroxyl groups is 1. The fourth-order valence-electron chi connectivity index (χ4n) is 3.18. The lowest BCUT2D eigenvalue weighted by molar-refractivity contribution is 0.0364. The standard InChI is InChI=1S/C16H25NO/c1-16(2)13-17(10-8-15(16)9-11-18)12-14-6-4-3-5-7-14/h3-7,15,18H,8-13H2,1-2H3.